The summed E-state index contributed by atoms with van der Waals surface area (Å²) in [5.74, 6) is 1.16. The molecule has 0 spiro atoms. The summed E-state index contributed by atoms with van der Waals surface area (Å²) in [7, 11) is -2.19. The van der Waals surface area contributed by atoms with E-state index < -0.39 is 10.0 Å². The Morgan fingerprint density at radius 1 is 1.28 bits per heavy atom. The molecule has 1 heterocycles. The van der Waals surface area contributed by atoms with E-state index in [1.54, 1.807) is 11.0 Å². The maximum absolute atomic E-state index is 13.0. The van der Waals surface area contributed by atoms with Gasteiger partial charge in [-0.1, -0.05) is 40.0 Å². The number of carbonyl (C=O) groups excluding carboxylic acids is 1. The van der Waals surface area contributed by atoms with Gasteiger partial charge in [-0.3, -0.25) is 4.79 Å². The second kappa shape index (κ2) is 11.0. The van der Waals surface area contributed by atoms with Crippen LogP contribution in [0.2, 0.25) is 0 Å². The van der Waals surface area contributed by atoms with Gasteiger partial charge in [-0.05, 0) is 49.3 Å². The Hall–Kier alpha value is -1.60. The third kappa shape index (κ3) is 6.44. The van der Waals surface area contributed by atoms with Crippen molar-refractivity contribution in [2.75, 3.05) is 26.7 Å². The fraction of sp³-hybridized carbons (Fsp3) is 0.682. The molecule has 1 atom stereocenters. The van der Waals surface area contributed by atoms with E-state index in [0.717, 1.165) is 38.5 Å². The lowest BCUT2D eigenvalue weighted by molar-refractivity contribution is 0.0693. The predicted octanol–water partition coefficient (Wildman–Crippen LogP) is 4.06. The molecule has 1 amide bonds. The maximum Gasteiger partial charge on any atom is 0.257 e. The Labute approximate surface area is 176 Å². The molecule has 1 N–H and O–H groups in total. The SMILES string of the molecule is CCCC[C@@H](CC)CNS(=O)(=O)c1ccc(OC)c(C(=O)N2CCC(C)CC2)c1. The van der Waals surface area contributed by atoms with Crippen LogP contribution in [0.4, 0.5) is 0 Å². The van der Waals surface area contributed by atoms with E-state index in [0.29, 0.717) is 42.8 Å². The highest BCUT2D eigenvalue weighted by atomic mass is 32.2. The number of hydrogen-bond acceptors (Lipinski definition) is 4. The van der Waals surface area contributed by atoms with E-state index in [1.807, 2.05) is 0 Å². The zero-order valence-corrected chi connectivity index (χ0v) is 19.1. The molecule has 0 aromatic heterocycles. The van der Waals surface area contributed by atoms with Crippen LogP contribution >= 0.6 is 0 Å². The van der Waals surface area contributed by atoms with Crippen molar-refractivity contribution in [2.45, 2.75) is 64.2 Å². The van der Waals surface area contributed by atoms with Crippen molar-refractivity contribution >= 4 is 15.9 Å². The molecule has 0 aliphatic carbocycles. The average Bonchev–Trinajstić information content (AvgIpc) is 2.73. The number of likely N-dealkylation sites (tertiary alicyclic amines) is 1. The van der Waals surface area contributed by atoms with Gasteiger partial charge in [0.15, 0.2) is 0 Å². The van der Waals surface area contributed by atoms with Gasteiger partial charge >= 0.3 is 0 Å². The van der Waals surface area contributed by atoms with Gasteiger partial charge in [0.2, 0.25) is 10.0 Å². The van der Waals surface area contributed by atoms with Gasteiger partial charge in [0, 0.05) is 19.6 Å². The number of methoxy groups -OCH3 is 1. The lowest BCUT2D eigenvalue weighted by Gasteiger charge is -2.30. The van der Waals surface area contributed by atoms with E-state index >= 15 is 0 Å². The van der Waals surface area contributed by atoms with Crippen molar-refractivity contribution < 1.29 is 17.9 Å². The van der Waals surface area contributed by atoms with Crippen LogP contribution in [0, 0.1) is 11.8 Å². The molecule has 1 aliphatic heterocycles. The van der Waals surface area contributed by atoms with Crippen molar-refractivity contribution in [1.82, 2.24) is 9.62 Å². The second-order valence-electron chi connectivity index (χ2n) is 8.11. The Kier molecular flexibility index (Phi) is 8.96. The minimum Gasteiger partial charge on any atom is -0.496 e. The summed E-state index contributed by atoms with van der Waals surface area (Å²) < 4.78 is 33.8. The molecule has 7 heteroatoms. The number of unbranched alkanes of at least 4 members (excludes halogenated alkanes) is 1. The minimum atomic E-state index is -3.69. The van der Waals surface area contributed by atoms with E-state index in [2.05, 4.69) is 25.5 Å². The number of benzene rings is 1. The lowest BCUT2D eigenvalue weighted by atomic mass is 9.98. The molecule has 1 aliphatic rings. The molecule has 2 rings (SSSR count). The Bertz CT molecular complexity index is 771. The number of rotatable bonds is 10. The molecule has 29 heavy (non-hydrogen) atoms. The van der Waals surface area contributed by atoms with Gasteiger partial charge in [-0.15, -0.1) is 0 Å². The molecule has 0 bridgehead atoms. The first-order valence-electron chi connectivity index (χ1n) is 10.8. The minimum absolute atomic E-state index is 0.109. The van der Waals surface area contributed by atoms with E-state index in [-0.39, 0.29) is 10.8 Å². The number of ether oxygens (including phenoxy) is 1. The van der Waals surface area contributed by atoms with Gasteiger partial charge < -0.3 is 9.64 Å². The molecule has 0 unspecified atom stereocenters. The van der Waals surface area contributed by atoms with Gasteiger partial charge in [0.25, 0.3) is 5.91 Å². The number of nitrogens with one attached hydrogen (secondary N) is 1. The Morgan fingerprint density at radius 2 is 1.97 bits per heavy atom. The Morgan fingerprint density at radius 3 is 2.55 bits per heavy atom. The summed E-state index contributed by atoms with van der Waals surface area (Å²) in [6, 6.07) is 4.53. The number of carbonyl (C=O) groups is 1. The summed E-state index contributed by atoms with van der Waals surface area (Å²) in [5, 5.41) is 0. The molecule has 0 radical (unpaired) electrons. The van der Waals surface area contributed by atoms with Crippen LogP contribution in [-0.4, -0.2) is 46.0 Å². The van der Waals surface area contributed by atoms with Crippen LogP contribution in [0.15, 0.2) is 23.1 Å². The van der Waals surface area contributed by atoms with Crippen molar-refractivity contribution in [3.8, 4) is 5.75 Å². The molecule has 1 fully saturated rings. The molecule has 6 nitrogen and oxygen atoms in total. The third-order valence-electron chi connectivity index (χ3n) is 5.89. The molecule has 1 aromatic rings. The number of amides is 1. The number of nitrogens with zero attached hydrogens (tertiary/aromatic N) is 1. The van der Waals surface area contributed by atoms with Crippen molar-refractivity contribution in [3.63, 3.8) is 0 Å². The molecule has 164 valence electrons. The topological polar surface area (TPSA) is 75.7 Å². The predicted molar refractivity (Wildman–Crippen MR) is 116 cm³/mol. The van der Waals surface area contributed by atoms with Crippen LogP contribution < -0.4 is 9.46 Å². The van der Waals surface area contributed by atoms with Crippen molar-refractivity contribution in [2.24, 2.45) is 11.8 Å². The molecule has 1 saturated heterocycles. The van der Waals surface area contributed by atoms with Gasteiger partial charge in [-0.2, -0.15) is 0 Å². The Balaban J connectivity index is 2.18. The maximum atomic E-state index is 13.0. The highest BCUT2D eigenvalue weighted by Crippen LogP contribution is 2.26. The largest absolute Gasteiger partial charge is 0.496 e. The van der Waals surface area contributed by atoms with Crippen LogP contribution in [0.1, 0.15) is 69.7 Å². The molecule has 1 aromatic carbocycles. The zero-order chi connectivity index (χ0) is 21.4. The van der Waals surface area contributed by atoms with E-state index in [9.17, 15) is 13.2 Å². The monoisotopic (exact) mass is 424 g/mol. The van der Waals surface area contributed by atoms with Gasteiger partial charge in [0.05, 0.1) is 17.6 Å². The normalized spacial score (nSPS) is 16.6. The fourth-order valence-corrected chi connectivity index (χ4v) is 4.80. The highest BCUT2D eigenvalue weighted by Gasteiger charge is 2.26. The molecular formula is C22H36N2O4S. The summed E-state index contributed by atoms with van der Waals surface area (Å²) in [6.45, 7) is 8.19. The summed E-state index contributed by atoms with van der Waals surface area (Å²) in [5.41, 5.74) is 0.308. The van der Waals surface area contributed by atoms with Gasteiger partial charge in [-0.25, -0.2) is 13.1 Å². The van der Waals surface area contributed by atoms with Crippen LogP contribution in [-0.2, 0) is 10.0 Å². The first-order valence-corrected chi connectivity index (χ1v) is 12.3. The smallest absolute Gasteiger partial charge is 0.257 e. The number of piperidine rings is 1. The fourth-order valence-electron chi connectivity index (χ4n) is 3.66. The molecular weight excluding hydrogens is 388 g/mol. The van der Waals surface area contributed by atoms with Crippen molar-refractivity contribution in [1.29, 1.82) is 0 Å². The standard InChI is InChI=1S/C22H36N2O4S/c1-5-7-8-18(6-2)16-23-29(26,27)19-9-10-21(28-4)20(15-19)22(25)24-13-11-17(3)12-14-24/h9-10,15,17-18,23H,5-8,11-14,16H2,1-4H3/t18-/m1/s1. The van der Waals surface area contributed by atoms with E-state index in [4.69, 9.17) is 4.74 Å². The number of hydrogen-bond donors (Lipinski definition) is 1. The first kappa shape index (κ1) is 23.7. The summed E-state index contributed by atoms with van der Waals surface area (Å²) >= 11 is 0. The van der Waals surface area contributed by atoms with Crippen LogP contribution in [0.3, 0.4) is 0 Å². The van der Waals surface area contributed by atoms with Crippen LogP contribution in [0.25, 0.3) is 0 Å². The quantitative estimate of drug-likeness (QED) is 0.614. The summed E-state index contributed by atoms with van der Waals surface area (Å²) in [6.07, 6.45) is 6.06. The van der Waals surface area contributed by atoms with Crippen LogP contribution in [0.5, 0.6) is 5.75 Å². The average molecular weight is 425 g/mol. The molecule has 0 saturated carbocycles. The number of sulfonamides is 1. The van der Waals surface area contributed by atoms with Crippen molar-refractivity contribution in [3.05, 3.63) is 23.8 Å². The highest BCUT2D eigenvalue weighted by molar-refractivity contribution is 7.89. The third-order valence-corrected chi connectivity index (χ3v) is 7.31. The first-order chi connectivity index (χ1) is 13.8. The zero-order valence-electron chi connectivity index (χ0n) is 18.2. The van der Waals surface area contributed by atoms with Gasteiger partial charge in [0.1, 0.15) is 5.75 Å². The van der Waals surface area contributed by atoms with E-state index in [1.165, 1.54) is 19.2 Å². The lowest BCUT2D eigenvalue weighted by Crippen LogP contribution is -2.38. The summed E-state index contributed by atoms with van der Waals surface area (Å²) in [4.78, 5) is 14.9. The second-order valence-corrected chi connectivity index (χ2v) is 9.87.